The maximum Gasteiger partial charge on any atom is 0.416 e. The van der Waals surface area contributed by atoms with E-state index in [1.165, 1.54) is 12.1 Å². The number of nitrogens with one attached hydrogen (secondary N) is 1. The summed E-state index contributed by atoms with van der Waals surface area (Å²) in [5, 5.41) is 2.64. The van der Waals surface area contributed by atoms with Gasteiger partial charge in [-0.05, 0) is 49.2 Å². The molecule has 0 aliphatic carbocycles. The third kappa shape index (κ3) is 3.42. The molecule has 2 aromatic rings. The van der Waals surface area contributed by atoms with Crippen LogP contribution < -0.4 is 5.32 Å². The molecule has 0 fully saturated rings. The third-order valence-corrected chi connectivity index (χ3v) is 3.30. The van der Waals surface area contributed by atoms with Crippen molar-refractivity contribution in [2.24, 2.45) is 0 Å². The number of hydrogen-bond acceptors (Lipinski definition) is 1. The topological polar surface area (TPSA) is 29.1 Å². The summed E-state index contributed by atoms with van der Waals surface area (Å²) in [7, 11) is 0. The van der Waals surface area contributed by atoms with E-state index in [4.69, 9.17) is 0 Å². The molecule has 0 aliphatic rings. The number of carbonyl (C=O) groups excluding carboxylic acids is 1. The second-order valence-electron chi connectivity index (χ2n) is 4.78. The minimum atomic E-state index is -4.46. The molecule has 1 amide bonds. The summed E-state index contributed by atoms with van der Waals surface area (Å²) in [5.41, 5.74) is 1.62. The lowest BCUT2D eigenvalue weighted by molar-refractivity contribution is -0.137. The maximum absolute atomic E-state index is 12.6. The highest BCUT2D eigenvalue weighted by Crippen LogP contribution is 2.29. The van der Waals surface area contributed by atoms with Crippen LogP contribution in [0.5, 0.6) is 0 Å². The van der Waals surface area contributed by atoms with Crippen LogP contribution in [0.1, 0.15) is 27.0 Å². The third-order valence-electron chi connectivity index (χ3n) is 3.30. The van der Waals surface area contributed by atoms with Gasteiger partial charge < -0.3 is 5.32 Å². The first kappa shape index (κ1) is 15.1. The van der Waals surface area contributed by atoms with Crippen LogP contribution in [0.3, 0.4) is 0 Å². The van der Waals surface area contributed by atoms with Crippen LogP contribution in [0.15, 0.2) is 42.5 Å². The second-order valence-corrected chi connectivity index (χ2v) is 4.78. The van der Waals surface area contributed by atoms with Gasteiger partial charge in [0.2, 0.25) is 0 Å². The van der Waals surface area contributed by atoms with Crippen LogP contribution in [0, 0.1) is 13.8 Å². The second kappa shape index (κ2) is 5.60. The van der Waals surface area contributed by atoms with E-state index in [2.05, 4.69) is 5.32 Å². The number of anilines is 1. The first-order valence-electron chi connectivity index (χ1n) is 6.34. The normalized spacial score (nSPS) is 11.3. The Kier molecular flexibility index (Phi) is 4.02. The Morgan fingerprint density at radius 3 is 2.38 bits per heavy atom. The minimum absolute atomic E-state index is 0.0225. The van der Waals surface area contributed by atoms with E-state index in [1.807, 2.05) is 19.9 Å². The molecule has 2 nitrogen and oxygen atoms in total. The molecule has 0 spiro atoms. The minimum Gasteiger partial charge on any atom is -0.322 e. The lowest BCUT2D eigenvalue weighted by Gasteiger charge is -2.12. The smallest absolute Gasteiger partial charge is 0.322 e. The SMILES string of the molecule is Cc1cccc(NC(=O)c2cccc(C(F)(F)F)c2)c1C. The lowest BCUT2D eigenvalue weighted by Crippen LogP contribution is -2.14. The monoisotopic (exact) mass is 293 g/mol. The van der Waals surface area contributed by atoms with Gasteiger partial charge in [0, 0.05) is 11.3 Å². The van der Waals surface area contributed by atoms with E-state index in [9.17, 15) is 18.0 Å². The standard InChI is InChI=1S/C16H14F3NO/c1-10-5-3-8-14(11(10)2)20-15(21)12-6-4-7-13(9-12)16(17,18)19/h3-9H,1-2H3,(H,20,21). The fourth-order valence-corrected chi connectivity index (χ4v) is 1.92. The molecule has 0 heterocycles. The zero-order valence-corrected chi connectivity index (χ0v) is 11.6. The Balaban J connectivity index is 2.27. The van der Waals surface area contributed by atoms with Crippen LogP contribution in [0.4, 0.5) is 18.9 Å². The molecule has 0 atom stereocenters. The van der Waals surface area contributed by atoms with Crippen LogP contribution >= 0.6 is 0 Å². The summed E-state index contributed by atoms with van der Waals surface area (Å²) in [6, 6.07) is 9.76. The fourth-order valence-electron chi connectivity index (χ4n) is 1.92. The number of alkyl halides is 3. The largest absolute Gasteiger partial charge is 0.416 e. The van der Waals surface area contributed by atoms with Gasteiger partial charge in [-0.3, -0.25) is 4.79 Å². The van der Waals surface area contributed by atoms with Gasteiger partial charge in [-0.25, -0.2) is 0 Å². The molecule has 0 saturated heterocycles. The van der Waals surface area contributed by atoms with Gasteiger partial charge in [0.05, 0.1) is 5.56 Å². The number of halogens is 3. The molecule has 0 bridgehead atoms. The Morgan fingerprint density at radius 1 is 1.05 bits per heavy atom. The van der Waals surface area contributed by atoms with E-state index in [1.54, 1.807) is 12.1 Å². The van der Waals surface area contributed by atoms with Crippen molar-refractivity contribution in [2.45, 2.75) is 20.0 Å². The van der Waals surface area contributed by atoms with Gasteiger partial charge >= 0.3 is 6.18 Å². The Bertz CT molecular complexity index is 677. The molecule has 0 aliphatic heterocycles. The van der Waals surface area contributed by atoms with Gasteiger partial charge in [-0.1, -0.05) is 18.2 Å². The van der Waals surface area contributed by atoms with Crippen LogP contribution in [0.25, 0.3) is 0 Å². The number of benzene rings is 2. The molecule has 110 valence electrons. The van der Waals surface area contributed by atoms with Gasteiger partial charge in [0.1, 0.15) is 0 Å². The summed E-state index contributed by atoms with van der Waals surface area (Å²) >= 11 is 0. The molecule has 0 radical (unpaired) electrons. The van der Waals surface area contributed by atoms with Gasteiger partial charge in [0.25, 0.3) is 5.91 Å². The number of carbonyl (C=O) groups is 1. The number of hydrogen-bond donors (Lipinski definition) is 1. The Labute approximate surface area is 120 Å². The number of aryl methyl sites for hydroxylation is 1. The van der Waals surface area contributed by atoms with E-state index in [0.717, 1.165) is 23.3 Å². The molecule has 21 heavy (non-hydrogen) atoms. The van der Waals surface area contributed by atoms with E-state index >= 15 is 0 Å². The predicted molar refractivity (Wildman–Crippen MR) is 75.3 cm³/mol. The zero-order valence-electron chi connectivity index (χ0n) is 11.6. The molecule has 0 saturated carbocycles. The first-order valence-corrected chi connectivity index (χ1v) is 6.34. The van der Waals surface area contributed by atoms with Crippen LogP contribution in [-0.2, 0) is 6.18 Å². The number of amides is 1. The van der Waals surface area contributed by atoms with Crippen molar-refractivity contribution in [3.8, 4) is 0 Å². The first-order chi connectivity index (χ1) is 9.79. The van der Waals surface area contributed by atoms with Crippen molar-refractivity contribution in [1.82, 2.24) is 0 Å². The summed E-state index contributed by atoms with van der Waals surface area (Å²) in [5.74, 6) is -0.560. The fraction of sp³-hybridized carbons (Fsp3) is 0.188. The molecule has 0 aromatic heterocycles. The summed E-state index contributed by atoms with van der Waals surface area (Å²) in [6.45, 7) is 3.74. The van der Waals surface area contributed by atoms with E-state index in [0.29, 0.717) is 5.69 Å². The zero-order chi connectivity index (χ0) is 15.6. The maximum atomic E-state index is 12.6. The predicted octanol–water partition coefficient (Wildman–Crippen LogP) is 4.57. The lowest BCUT2D eigenvalue weighted by atomic mass is 10.1. The van der Waals surface area contributed by atoms with E-state index < -0.39 is 17.6 Å². The van der Waals surface area contributed by atoms with E-state index in [-0.39, 0.29) is 5.56 Å². The van der Waals surface area contributed by atoms with Gasteiger partial charge in [0.15, 0.2) is 0 Å². The van der Waals surface area contributed by atoms with Crippen molar-refractivity contribution >= 4 is 11.6 Å². The summed E-state index contributed by atoms with van der Waals surface area (Å²) in [4.78, 5) is 12.1. The molecule has 1 N–H and O–H groups in total. The van der Waals surface area contributed by atoms with Crippen molar-refractivity contribution in [1.29, 1.82) is 0 Å². The summed E-state index contributed by atoms with van der Waals surface area (Å²) in [6.07, 6.45) is -4.46. The highest BCUT2D eigenvalue weighted by molar-refractivity contribution is 6.04. The number of rotatable bonds is 2. The Hall–Kier alpha value is -2.30. The average molecular weight is 293 g/mol. The van der Waals surface area contributed by atoms with Crippen LogP contribution in [-0.4, -0.2) is 5.91 Å². The molecule has 2 aromatic carbocycles. The van der Waals surface area contributed by atoms with Gasteiger partial charge in [-0.2, -0.15) is 13.2 Å². The molecule has 5 heteroatoms. The Morgan fingerprint density at radius 2 is 1.71 bits per heavy atom. The molecular formula is C16H14F3NO. The van der Waals surface area contributed by atoms with Crippen LogP contribution in [0.2, 0.25) is 0 Å². The quantitative estimate of drug-likeness (QED) is 0.863. The highest BCUT2D eigenvalue weighted by Gasteiger charge is 2.30. The summed E-state index contributed by atoms with van der Waals surface area (Å²) < 4.78 is 37.9. The van der Waals surface area contributed by atoms with Crippen molar-refractivity contribution in [3.05, 3.63) is 64.7 Å². The average Bonchev–Trinajstić information content (AvgIpc) is 2.43. The van der Waals surface area contributed by atoms with Crippen molar-refractivity contribution in [2.75, 3.05) is 5.32 Å². The van der Waals surface area contributed by atoms with Crippen molar-refractivity contribution < 1.29 is 18.0 Å². The molecular weight excluding hydrogens is 279 g/mol. The molecule has 2 rings (SSSR count). The molecule has 0 unspecified atom stereocenters. The van der Waals surface area contributed by atoms with Gasteiger partial charge in [-0.15, -0.1) is 0 Å². The van der Waals surface area contributed by atoms with Crippen molar-refractivity contribution in [3.63, 3.8) is 0 Å². The highest BCUT2D eigenvalue weighted by atomic mass is 19.4.